The minimum Gasteiger partial charge on any atom is -0.492 e. The van der Waals surface area contributed by atoms with Crippen LogP contribution in [0.25, 0.3) is 0 Å². The lowest BCUT2D eigenvalue weighted by atomic mass is 10.1. The van der Waals surface area contributed by atoms with Crippen molar-refractivity contribution >= 4 is 29.3 Å². The fraction of sp³-hybridized carbons (Fsp3) is 0.300. The highest BCUT2D eigenvalue weighted by atomic mass is 32.2. The maximum atomic E-state index is 12.1. The summed E-state index contributed by atoms with van der Waals surface area (Å²) in [5.74, 6) is 1.29. The van der Waals surface area contributed by atoms with Gasteiger partial charge in [0.2, 0.25) is 5.91 Å². The third-order valence-electron chi connectivity index (χ3n) is 3.43. The molecule has 1 N–H and O–H groups in total. The quantitative estimate of drug-likeness (QED) is 0.670. The normalized spacial score (nSPS) is 10.2. The Balaban J connectivity index is 1.80. The second-order valence-corrected chi connectivity index (χ2v) is 6.37. The Bertz CT molecular complexity index is 731. The zero-order chi connectivity index (χ0) is 18.8. The van der Waals surface area contributed by atoms with Gasteiger partial charge in [0.1, 0.15) is 5.75 Å². The third-order valence-corrected chi connectivity index (χ3v) is 4.43. The van der Waals surface area contributed by atoms with E-state index in [0.29, 0.717) is 41.7 Å². The summed E-state index contributed by atoms with van der Waals surface area (Å²) in [5.41, 5.74) is 2.26. The number of esters is 1. The van der Waals surface area contributed by atoms with Gasteiger partial charge in [-0.15, -0.1) is 11.8 Å². The molecule has 0 aromatic heterocycles. The van der Waals surface area contributed by atoms with E-state index < -0.39 is 0 Å². The van der Waals surface area contributed by atoms with Crippen LogP contribution in [-0.2, 0) is 15.3 Å². The van der Waals surface area contributed by atoms with Crippen molar-refractivity contribution in [3.8, 4) is 5.75 Å². The average Bonchev–Trinajstić information content (AvgIpc) is 2.64. The molecule has 0 atom stereocenters. The average molecular weight is 373 g/mol. The summed E-state index contributed by atoms with van der Waals surface area (Å²) in [4.78, 5) is 23.7. The predicted octanol–water partition coefficient (Wildman–Crippen LogP) is 4.13. The number of ether oxygens (including phenoxy) is 2. The summed E-state index contributed by atoms with van der Waals surface area (Å²) in [6.45, 7) is 4.59. The summed E-state index contributed by atoms with van der Waals surface area (Å²) in [5, 5.41) is 2.87. The Labute approximate surface area is 158 Å². The van der Waals surface area contributed by atoms with Gasteiger partial charge in [0, 0.05) is 5.75 Å². The van der Waals surface area contributed by atoms with Crippen LogP contribution in [0.1, 0.15) is 29.8 Å². The summed E-state index contributed by atoms with van der Waals surface area (Å²) in [6.07, 6.45) is 0. The monoisotopic (exact) mass is 373 g/mol. The standard InChI is InChI=1S/C20H23NO4S/c1-3-24-18-8-6-5-7-17(18)21-19(22)14-26-13-15-9-11-16(12-10-15)20(23)25-4-2/h5-12H,3-4,13-14H2,1-2H3,(H,21,22). The highest BCUT2D eigenvalue weighted by Crippen LogP contribution is 2.24. The number of rotatable bonds is 9. The number of hydrogen-bond acceptors (Lipinski definition) is 5. The molecule has 0 heterocycles. The van der Waals surface area contributed by atoms with Crippen LogP contribution in [0.15, 0.2) is 48.5 Å². The molecule has 138 valence electrons. The zero-order valence-corrected chi connectivity index (χ0v) is 15.8. The molecule has 0 radical (unpaired) electrons. The van der Waals surface area contributed by atoms with Crippen molar-refractivity contribution in [1.29, 1.82) is 0 Å². The van der Waals surface area contributed by atoms with E-state index in [4.69, 9.17) is 9.47 Å². The molecule has 2 rings (SSSR count). The SMILES string of the molecule is CCOC(=O)c1ccc(CSCC(=O)Nc2ccccc2OCC)cc1. The molecule has 0 saturated carbocycles. The first-order chi connectivity index (χ1) is 12.6. The maximum Gasteiger partial charge on any atom is 0.338 e. The van der Waals surface area contributed by atoms with E-state index in [1.54, 1.807) is 19.1 Å². The van der Waals surface area contributed by atoms with Crippen LogP contribution in [0.5, 0.6) is 5.75 Å². The molecule has 0 saturated heterocycles. The van der Waals surface area contributed by atoms with Gasteiger partial charge in [0.15, 0.2) is 0 Å². The van der Waals surface area contributed by atoms with Crippen LogP contribution in [0.3, 0.4) is 0 Å². The molecule has 1 amide bonds. The smallest absolute Gasteiger partial charge is 0.338 e. The minimum atomic E-state index is -0.320. The summed E-state index contributed by atoms with van der Waals surface area (Å²) in [7, 11) is 0. The minimum absolute atomic E-state index is 0.0784. The van der Waals surface area contributed by atoms with Gasteiger partial charge in [-0.3, -0.25) is 4.79 Å². The third kappa shape index (κ3) is 6.11. The molecule has 6 heteroatoms. The van der Waals surface area contributed by atoms with Crippen molar-refractivity contribution in [3.63, 3.8) is 0 Å². The summed E-state index contributed by atoms with van der Waals surface area (Å²) in [6, 6.07) is 14.6. The van der Waals surface area contributed by atoms with Crippen molar-refractivity contribution in [3.05, 3.63) is 59.7 Å². The topological polar surface area (TPSA) is 64.6 Å². The molecule has 0 unspecified atom stereocenters. The van der Waals surface area contributed by atoms with Crippen LogP contribution >= 0.6 is 11.8 Å². The van der Waals surface area contributed by atoms with E-state index in [0.717, 1.165) is 5.56 Å². The number of carbonyl (C=O) groups excluding carboxylic acids is 2. The van der Waals surface area contributed by atoms with Gasteiger partial charge in [-0.1, -0.05) is 24.3 Å². The van der Waals surface area contributed by atoms with Gasteiger partial charge in [0.05, 0.1) is 30.2 Å². The van der Waals surface area contributed by atoms with Crippen LogP contribution in [0.2, 0.25) is 0 Å². The highest BCUT2D eigenvalue weighted by molar-refractivity contribution is 7.99. The fourth-order valence-electron chi connectivity index (χ4n) is 2.25. The molecular formula is C20H23NO4S. The lowest BCUT2D eigenvalue weighted by molar-refractivity contribution is -0.113. The van der Waals surface area contributed by atoms with Gasteiger partial charge in [-0.25, -0.2) is 4.79 Å². The number of nitrogens with one attached hydrogen (secondary N) is 1. The van der Waals surface area contributed by atoms with Crippen molar-refractivity contribution in [1.82, 2.24) is 0 Å². The van der Waals surface area contributed by atoms with Gasteiger partial charge < -0.3 is 14.8 Å². The first kappa shape index (κ1) is 19.8. The highest BCUT2D eigenvalue weighted by Gasteiger charge is 2.08. The second-order valence-electron chi connectivity index (χ2n) is 5.39. The molecule has 0 spiro atoms. The van der Waals surface area contributed by atoms with Crippen molar-refractivity contribution < 1.29 is 19.1 Å². The van der Waals surface area contributed by atoms with Crippen LogP contribution in [0, 0.1) is 0 Å². The van der Waals surface area contributed by atoms with E-state index >= 15 is 0 Å². The number of thioether (sulfide) groups is 1. The molecule has 5 nitrogen and oxygen atoms in total. The summed E-state index contributed by atoms with van der Waals surface area (Å²) >= 11 is 1.51. The molecule has 0 aliphatic heterocycles. The van der Waals surface area contributed by atoms with E-state index in [9.17, 15) is 9.59 Å². The van der Waals surface area contributed by atoms with Crippen LogP contribution in [0.4, 0.5) is 5.69 Å². The summed E-state index contributed by atoms with van der Waals surface area (Å²) < 4.78 is 10.5. The van der Waals surface area contributed by atoms with Gasteiger partial charge in [-0.2, -0.15) is 0 Å². The van der Waals surface area contributed by atoms with E-state index in [1.165, 1.54) is 11.8 Å². The number of benzene rings is 2. The van der Waals surface area contributed by atoms with E-state index in [1.807, 2.05) is 43.3 Å². The second kappa shape index (κ2) is 10.5. The van der Waals surface area contributed by atoms with Crippen molar-refractivity contribution in [2.45, 2.75) is 19.6 Å². The zero-order valence-electron chi connectivity index (χ0n) is 15.0. The fourth-order valence-corrected chi connectivity index (χ4v) is 3.04. The van der Waals surface area contributed by atoms with E-state index in [-0.39, 0.29) is 11.9 Å². The molecule has 0 fully saturated rings. The predicted molar refractivity (Wildman–Crippen MR) is 105 cm³/mol. The first-order valence-electron chi connectivity index (χ1n) is 8.49. The van der Waals surface area contributed by atoms with Gasteiger partial charge >= 0.3 is 5.97 Å². The van der Waals surface area contributed by atoms with Gasteiger partial charge in [0.25, 0.3) is 0 Å². The largest absolute Gasteiger partial charge is 0.492 e. The Kier molecular flexibility index (Phi) is 8.02. The number of carbonyl (C=O) groups is 2. The Morgan fingerprint density at radius 1 is 1.00 bits per heavy atom. The number of para-hydroxylation sites is 2. The molecule has 2 aromatic rings. The number of hydrogen-bond donors (Lipinski definition) is 1. The molecule has 26 heavy (non-hydrogen) atoms. The maximum absolute atomic E-state index is 12.1. The molecule has 0 aliphatic rings. The Morgan fingerprint density at radius 3 is 2.42 bits per heavy atom. The molecule has 2 aromatic carbocycles. The Hall–Kier alpha value is -2.47. The lowest BCUT2D eigenvalue weighted by Gasteiger charge is -2.11. The van der Waals surface area contributed by atoms with Crippen molar-refractivity contribution in [2.24, 2.45) is 0 Å². The molecule has 0 bridgehead atoms. The van der Waals surface area contributed by atoms with Crippen molar-refractivity contribution in [2.75, 3.05) is 24.3 Å². The number of amides is 1. The number of anilines is 1. The van der Waals surface area contributed by atoms with Crippen LogP contribution < -0.4 is 10.1 Å². The molecule has 0 aliphatic carbocycles. The van der Waals surface area contributed by atoms with Crippen LogP contribution in [-0.4, -0.2) is 30.8 Å². The molecular weight excluding hydrogens is 350 g/mol. The lowest BCUT2D eigenvalue weighted by Crippen LogP contribution is -2.15. The van der Waals surface area contributed by atoms with Gasteiger partial charge in [-0.05, 0) is 43.7 Å². The first-order valence-corrected chi connectivity index (χ1v) is 9.65. The Morgan fingerprint density at radius 2 is 1.73 bits per heavy atom. The van der Waals surface area contributed by atoms with E-state index in [2.05, 4.69) is 5.32 Å².